The molecule has 0 spiro atoms. The van der Waals surface area contributed by atoms with Crippen LogP contribution in [0.1, 0.15) is 12.8 Å². The van der Waals surface area contributed by atoms with Crippen molar-refractivity contribution in [3.63, 3.8) is 0 Å². The summed E-state index contributed by atoms with van der Waals surface area (Å²) in [6.07, 6.45) is 2.12. The molecular formula is C13H21N3O3S. The average Bonchev–Trinajstić information content (AvgIpc) is 2.40. The van der Waals surface area contributed by atoms with Gasteiger partial charge in [0.1, 0.15) is 5.75 Å². The molecule has 4 N–H and O–H groups in total. The Kier molecular flexibility index (Phi) is 4.52. The second-order valence-electron chi connectivity index (χ2n) is 5.34. The van der Waals surface area contributed by atoms with Gasteiger partial charge in [0.2, 0.25) is 10.0 Å². The molecule has 6 nitrogen and oxygen atoms in total. The first-order valence-corrected chi connectivity index (χ1v) is 8.13. The largest absolute Gasteiger partial charge is 0.506 e. The van der Waals surface area contributed by atoms with Crippen LogP contribution >= 0.6 is 0 Å². The maximum absolute atomic E-state index is 12.2. The van der Waals surface area contributed by atoms with Gasteiger partial charge in [-0.2, -0.15) is 0 Å². The van der Waals surface area contributed by atoms with E-state index in [1.807, 2.05) is 7.05 Å². The maximum Gasteiger partial charge on any atom is 0.240 e. The monoisotopic (exact) mass is 299 g/mol. The number of rotatable bonds is 4. The topological polar surface area (TPSA) is 95.7 Å². The molecule has 1 aromatic rings. The number of nitrogens with zero attached hydrogens (tertiary/aromatic N) is 1. The Labute approximate surface area is 119 Å². The Balaban J connectivity index is 2.01. The Morgan fingerprint density at radius 3 is 2.90 bits per heavy atom. The highest BCUT2D eigenvalue weighted by molar-refractivity contribution is 7.89. The molecule has 7 heteroatoms. The fourth-order valence-electron chi connectivity index (χ4n) is 2.45. The van der Waals surface area contributed by atoms with Gasteiger partial charge < -0.3 is 15.7 Å². The lowest BCUT2D eigenvalue weighted by atomic mass is 9.99. The minimum Gasteiger partial charge on any atom is -0.506 e. The van der Waals surface area contributed by atoms with Crippen molar-refractivity contribution >= 4 is 15.7 Å². The third kappa shape index (κ3) is 3.62. The van der Waals surface area contributed by atoms with Gasteiger partial charge in [-0.15, -0.1) is 0 Å². The van der Waals surface area contributed by atoms with Crippen molar-refractivity contribution in [2.45, 2.75) is 17.7 Å². The van der Waals surface area contributed by atoms with Gasteiger partial charge in [-0.3, -0.25) is 0 Å². The van der Waals surface area contributed by atoms with Gasteiger partial charge in [0, 0.05) is 13.1 Å². The summed E-state index contributed by atoms with van der Waals surface area (Å²) in [7, 11) is -1.53. The van der Waals surface area contributed by atoms with E-state index in [2.05, 4.69) is 9.62 Å². The van der Waals surface area contributed by atoms with Gasteiger partial charge >= 0.3 is 0 Å². The summed E-state index contributed by atoms with van der Waals surface area (Å²) in [4.78, 5) is 2.29. The van der Waals surface area contributed by atoms with E-state index in [0.29, 0.717) is 12.5 Å². The van der Waals surface area contributed by atoms with Gasteiger partial charge in [0.15, 0.2) is 0 Å². The molecular weight excluding hydrogens is 278 g/mol. The molecule has 1 aromatic carbocycles. The number of benzene rings is 1. The third-order valence-corrected chi connectivity index (χ3v) is 5.01. The van der Waals surface area contributed by atoms with Crippen molar-refractivity contribution < 1.29 is 13.5 Å². The molecule has 0 amide bonds. The highest BCUT2D eigenvalue weighted by Gasteiger charge is 2.21. The van der Waals surface area contributed by atoms with E-state index in [-0.39, 0.29) is 16.3 Å². The Morgan fingerprint density at radius 1 is 1.50 bits per heavy atom. The Morgan fingerprint density at radius 2 is 2.25 bits per heavy atom. The van der Waals surface area contributed by atoms with E-state index >= 15 is 0 Å². The van der Waals surface area contributed by atoms with Gasteiger partial charge in [-0.05, 0) is 50.6 Å². The first-order chi connectivity index (χ1) is 9.38. The summed E-state index contributed by atoms with van der Waals surface area (Å²) >= 11 is 0. The molecule has 1 aliphatic rings. The van der Waals surface area contributed by atoms with Crippen LogP contribution in [0.3, 0.4) is 0 Å². The van der Waals surface area contributed by atoms with Crippen LogP contribution in [0.25, 0.3) is 0 Å². The number of nitrogens with one attached hydrogen (secondary N) is 1. The number of aromatic hydroxyl groups is 1. The highest BCUT2D eigenvalue weighted by atomic mass is 32.2. The molecule has 1 fully saturated rings. The number of likely N-dealkylation sites (tertiary alicyclic amines) is 1. The van der Waals surface area contributed by atoms with Crippen molar-refractivity contribution in [2.24, 2.45) is 5.92 Å². The zero-order valence-corrected chi connectivity index (χ0v) is 12.4. The van der Waals surface area contributed by atoms with Crippen LogP contribution in [-0.4, -0.2) is 45.1 Å². The lowest BCUT2D eigenvalue weighted by molar-refractivity contribution is 0.211. The highest BCUT2D eigenvalue weighted by Crippen LogP contribution is 2.23. The lowest BCUT2D eigenvalue weighted by Gasteiger charge is -2.29. The average molecular weight is 299 g/mol. The molecule has 0 radical (unpaired) electrons. The zero-order valence-electron chi connectivity index (χ0n) is 11.5. The number of sulfonamides is 1. The van der Waals surface area contributed by atoms with Crippen LogP contribution in [0.5, 0.6) is 5.75 Å². The van der Waals surface area contributed by atoms with Crippen LogP contribution in [0.15, 0.2) is 23.1 Å². The van der Waals surface area contributed by atoms with Gasteiger partial charge in [0.25, 0.3) is 0 Å². The number of anilines is 1. The smallest absolute Gasteiger partial charge is 0.240 e. The second-order valence-corrected chi connectivity index (χ2v) is 7.11. The van der Waals surface area contributed by atoms with E-state index in [1.54, 1.807) is 0 Å². The van der Waals surface area contributed by atoms with Crippen LogP contribution in [0.4, 0.5) is 5.69 Å². The molecule has 0 saturated carbocycles. The lowest BCUT2D eigenvalue weighted by Crippen LogP contribution is -2.39. The molecule has 1 atom stereocenters. The van der Waals surface area contributed by atoms with E-state index in [1.165, 1.54) is 18.2 Å². The SMILES string of the molecule is CN1CCCC(CNS(=O)(=O)c2ccc(O)c(N)c2)C1. The fourth-order valence-corrected chi connectivity index (χ4v) is 3.60. The van der Waals surface area contributed by atoms with Crippen molar-refractivity contribution in [1.29, 1.82) is 0 Å². The number of nitrogen functional groups attached to an aromatic ring is 1. The van der Waals surface area contributed by atoms with Gasteiger partial charge in [-0.25, -0.2) is 13.1 Å². The van der Waals surface area contributed by atoms with E-state index in [0.717, 1.165) is 25.9 Å². The molecule has 0 aliphatic carbocycles. The van der Waals surface area contributed by atoms with Crippen molar-refractivity contribution in [1.82, 2.24) is 9.62 Å². The van der Waals surface area contributed by atoms with Crippen molar-refractivity contribution in [2.75, 3.05) is 32.4 Å². The molecule has 1 unspecified atom stereocenters. The molecule has 0 bridgehead atoms. The summed E-state index contributed by atoms with van der Waals surface area (Å²) in [5.41, 5.74) is 5.59. The number of phenolic OH excluding ortho intramolecular Hbond substituents is 1. The first kappa shape index (κ1) is 15.1. The minimum absolute atomic E-state index is 0.0604. The Bertz CT molecular complexity index is 574. The van der Waals surface area contributed by atoms with E-state index < -0.39 is 10.0 Å². The zero-order chi connectivity index (χ0) is 14.8. The van der Waals surface area contributed by atoms with Crippen molar-refractivity contribution in [3.8, 4) is 5.75 Å². The molecule has 112 valence electrons. The summed E-state index contributed by atoms with van der Waals surface area (Å²) < 4.78 is 26.9. The normalized spacial score (nSPS) is 20.9. The molecule has 20 heavy (non-hydrogen) atoms. The molecule has 1 heterocycles. The minimum atomic E-state index is -3.58. The van der Waals surface area contributed by atoms with Crippen LogP contribution in [-0.2, 0) is 10.0 Å². The van der Waals surface area contributed by atoms with Crippen LogP contribution < -0.4 is 10.5 Å². The second kappa shape index (κ2) is 5.99. The summed E-state index contributed by atoms with van der Waals surface area (Å²) in [6.45, 7) is 2.39. The van der Waals surface area contributed by atoms with Crippen molar-refractivity contribution in [3.05, 3.63) is 18.2 Å². The number of phenols is 1. The number of hydrogen-bond acceptors (Lipinski definition) is 5. The summed E-state index contributed by atoms with van der Waals surface area (Å²) in [5, 5.41) is 9.33. The molecule has 1 saturated heterocycles. The van der Waals surface area contributed by atoms with Crippen LogP contribution in [0, 0.1) is 5.92 Å². The summed E-state index contributed by atoms with van der Waals surface area (Å²) in [6, 6.07) is 3.91. The molecule has 2 rings (SSSR count). The quantitative estimate of drug-likeness (QED) is 0.559. The maximum atomic E-state index is 12.2. The van der Waals surface area contributed by atoms with Gasteiger partial charge in [0.05, 0.1) is 10.6 Å². The number of hydrogen-bond donors (Lipinski definition) is 3. The molecule has 0 aromatic heterocycles. The Hall–Kier alpha value is -1.31. The molecule has 1 aliphatic heterocycles. The van der Waals surface area contributed by atoms with Gasteiger partial charge in [-0.1, -0.05) is 0 Å². The van der Waals surface area contributed by atoms with E-state index in [4.69, 9.17) is 5.73 Å². The number of piperidine rings is 1. The predicted molar refractivity (Wildman–Crippen MR) is 77.9 cm³/mol. The number of nitrogens with two attached hydrogens (primary N) is 1. The van der Waals surface area contributed by atoms with E-state index in [9.17, 15) is 13.5 Å². The standard InChI is InChI=1S/C13H21N3O3S/c1-16-6-2-3-10(9-16)8-15-20(18,19)11-4-5-13(17)12(14)7-11/h4-5,7,10,15,17H,2-3,6,8-9,14H2,1H3. The third-order valence-electron chi connectivity index (χ3n) is 3.59. The fraction of sp³-hybridized carbons (Fsp3) is 0.538. The predicted octanol–water partition coefficient (Wildman–Crippen LogP) is 0.594. The summed E-state index contributed by atoms with van der Waals surface area (Å²) in [5.74, 6) is 0.218. The first-order valence-electron chi connectivity index (χ1n) is 6.65. The van der Waals surface area contributed by atoms with Crippen LogP contribution in [0.2, 0.25) is 0 Å².